The normalized spacial score (nSPS) is 14.1. The largest absolute Gasteiger partial charge is 0.507 e. The number of halogens is 1. The Balaban J connectivity index is 0.000000184. The van der Waals surface area contributed by atoms with Crippen molar-refractivity contribution in [3.8, 4) is 17.0 Å². The van der Waals surface area contributed by atoms with Crippen molar-refractivity contribution < 1.29 is 9.90 Å². The second-order valence-electron chi connectivity index (χ2n) is 9.93. The SMILES string of the molecule is CN1CCC(Nc2cc(-c3ccccc3O)nc3c(Br)cnn23)CC1.O=CC(c1ccccc1)c1ccccc1. The number of likely N-dealkylation sites (tertiary alicyclic amines) is 1. The van der Waals surface area contributed by atoms with Crippen molar-refractivity contribution in [1.82, 2.24) is 19.5 Å². The fourth-order valence-electron chi connectivity index (χ4n) is 4.90. The number of aromatic nitrogens is 3. The van der Waals surface area contributed by atoms with E-state index in [0.29, 0.717) is 11.6 Å². The number of fused-ring (bicyclic) bond motifs is 1. The molecule has 0 saturated carbocycles. The molecule has 3 aromatic carbocycles. The number of nitrogens with zero attached hydrogens (tertiary/aromatic N) is 4. The average Bonchev–Trinajstić information content (AvgIpc) is 3.37. The van der Waals surface area contributed by atoms with E-state index in [2.05, 4.69) is 43.3 Å². The van der Waals surface area contributed by atoms with Gasteiger partial charge in [-0.2, -0.15) is 9.61 Å². The number of piperidine rings is 1. The lowest BCUT2D eigenvalue weighted by Gasteiger charge is -2.30. The third-order valence-corrected chi connectivity index (χ3v) is 7.69. The third kappa shape index (κ3) is 6.41. The molecule has 1 fully saturated rings. The maximum Gasteiger partial charge on any atom is 0.172 e. The number of phenolic OH excluding ortho intramolecular Hbond substituents is 1. The van der Waals surface area contributed by atoms with Crippen molar-refractivity contribution in [3.05, 3.63) is 113 Å². The highest BCUT2D eigenvalue weighted by molar-refractivity contribution is 9.10. The summed E-state index contributed by atoms with van der Waals surface area (Å²) in [4.78, 5) is 18.1. The molecular weight excluding hydrogens is 566 g/mol. The van der Waals surface area contributed by atoms with Crippen molar-refractivity contribution in [2.24, 2.45) is 0 Å². The Morgan fingerprint density at radius 2 is 1.55 bits per heavy atom. The van der Waals surface area contributed by atoms with Crippen LogP contribution in [0, 0.1) is 0 Å². The van der Waals surface area contributed by atoms with Gasteiger partial charge >= 0.3 is 0 Å². The molecule has 0 radical (unpaired) electrons. The third-order valence-electron chi connectivity index (χ3n) is 7.13. The molecule has 2 aromatic heterocycles. The number of carbonyl (C=O) groups is 1. The minimum atomic E-state index is -0.146. The summed E-state index contributed by atoms with van der Waals surface area (Å²) in [5.74, 6) is 0.969. The number of phenols is 1. The van der Waals surface area contributed by atoms with Crippen LogP contribution in [0.5, 0.6) is 5.75 Å². The molecule has 0 atom stereocenters. The molecule has 5 aromatic rings. The smallest absolute Gasteiger partial charge is 0.172 e. The molecule has 6 rings (SSSR count). The van der Waals surface area contributed by atoms with E-state index in [1.54, 1.807) is 12.3 Å². The number of nitrogens with one attached hydrogen (secondary N) is 1. The van der Waals surface area contributed by atoms with Crippen LogP contribution in [0.25, 0.3) is 16.9 Å². The van der Waals surface area contributed by atoms with Crippen LogP contribution in [0.3, 0.4) is 0 Å². The molecule has 1 aliphatic heterocycles. The fraction of sp³-hybridized carbons (Fsp3) is 0.219. The van der Waals surface area contributed by atoms with Crippen LogP contribution in [0.2, 0.25) is 0 Å². The first kappa shape index (κ1) is 27.6. The number of hydrogen-bond donors (Lipinski definition) is 2. The maximum absolute atomic E-state index is 11.1. The van der Waals surface area contributed by atoms with E-state index in [-0.39, 0.29) is 11.7 Å². The molecule has 0 bridgehead atoms. The molecular formula is C32H32BrN5O2. The maximum atomic E-state index is 11.1. The first-order chi connectivity index (χ1) is 19.5. The lowest BCUT2D eigenvalue weighted by molar-refractivity contribution is -0.108. The van der Waals surface area contributed by atoms with Crippen molar-refractivity contribution in [2.75, 3.05) is 25.5 Å². The monoisotopic (exact) mass is 597 g/mol. The zero-order valence-electron chi connectivity index (χ0n) is 22.3. The van der Waals surface area contributed by atoms with Gasteiger partial charge in [0.1, 0.15) is 17.9 Å². The summed E-state index contributed by atoms with van der Waals surface area (Å²) in [6.07, 6.45) is 4.92. The van der Waals surface area contributed by atoms with Crippen LogP contribution >= 0.6 is 15.9 Å². The van der Waals surface area contributed by atoms with Crippen molar-refractivity contribution in [2.45, 2.75) is 24.8 Å². The number of rotatable bonds is 6. The molecule has 40 heavy (non-hydrogen) atoms. The Labute approximate surface area is 242 Å². The molecule has 204 valence electrons. The van der Waals surface area contributed by atoms with Gasteiger partial charge in [-0.05, 0) is 72.2 Å². The standard InChI is InChI=1S/C18H20BrN5O.C14H12O/c1-23-8-6-12(7-9-23)21-17-10-15(13-4-2-3-5-16(13)25)22-18-14(19)11-20-24(17)18;15-11-14(12-7-3-1-4-8-12)13-9-5-2-6-10-13/h2-5,10-12,21,25H,6-9H2,1H3;1-11,14H. The number of aldehydes is 1. The average molecular weight is 599 g/mol. The first-order valence-electron chi connectivity index (χ1n) is 13.4. The van der Waals surface area contributed by atoms with Gasteiger partial charge in [0.25, 0.3) is 0 Å². The highest BCUT2D eigenvalue weighted by Gasteiger charge is 2.19. The number of para-hydroxylation sites is 1. The van der Waals surface area contributed by atoms with Gasteiger partial charge in [0.15, 0.2) is 5.65 Å². The van der Waals surface area contributed by atoms with Crippen molar-refractivity contribution in [1.29, 1.82) is 0 Å². The summed E-state index contributed by atoms with van der Waals surface area (Å²) < 4.78 is 2.64. The van der Waals surface area contributed by atoms with Crippen LogP contribution in [0.15, 0.2) is 102 Å². The Morgan fingerprint density at radius 1 is 0.950 bits per heavy atom. The van der Waals surface area contributed by atoms with Crippen LogP contribution in [-0.4, -0.2) is 57.1 Å². The second kappa shape index (κ2) is 12.9. The van der Waals surface area contributed by atoms with Gasteiger partial charge in [0.2, 0.25) is 0 Å². The van der Waals surface area contributed by atoms with Crippen LogP contribution in [-0.2, 0) is 4.79 Å². The lowest BCUT2D eigenvalue weighted by atomic mass is 9.93. The number of anilines is 1. The Bertz CT molecular complexity index is 1510. The van der Waals surface area contributed by atoms with Gasteiger partial charge in [-0.3, -0.25) is 0 Å². The van der Waals surface area contributed by atoms with E-state index in [4.69, 9.17) is 0 Å². The first-order valence-corrected chi connectivity index (χ1v) is 14.2. The predicted octanol–water partition coefficient (Wildman–Crippen LogP) is 6.39. The molecule has 2 N–H and O–H groups in total. The van der Waals surface area contributed by atoms with Gasteiger partial charge < -0.3 is 20.1 Å². The molecule has 0 amide bonds. The molecule has 0 spiro atoms. The van der Waals surface area contributed by atoms with Gasteiger partial charge in [0.05, 0.1) is 22.3 Å². The lowest BCUT2D eigenvalue weighted by Crippen LogP contribution is -2.37. The molecule has 1 aliphatic rings. The molecule has 1 saturated heterocycles. The van der Waals surface area contributed by atoms with Gasteiger partial charge in [-0.25, -0.2) is 4.98 Å². The van der Waals surface area contributed by atoms with Crippen LogP contribution < -0.4 is 5.32 Å². The quantitative estimate of drug-likeness (QED) is 0.221. The Kier molecular flexibility index (Phi) is 8.88. The summed E-state index contributed by atoms with van der Waals surface area (Å²) in [5, 5.41) is 18.2. The highest BCUT2D eigenvalue weighted by atomic mass is 79.9. The summed E-state index contributed by atoms with van der Waals surface area (Å²) in [6.45, 7) is 2.17. The van der Waals surface area contributed by atoms with E-state index in [1.807, 2.05) is 89.4 Å². The van der Waals surface area contributed by atoms with Gasteiger partial charge in [-0.15, -0.1) is 0 Å². The van der Waals surface area contributed by atoms with E-state index < -0.39 is 0 Å². The minimum Gasteiger partial charge on any atom is -0.507 e. The van der Waals surface area contributed by atoms with E-state index in [1.165, 1.54) is 0 Å². The summed E-state index contributed by atoms with van der Waals surface area (Å²) >= 11 is 3.52. The number of benzene rings is 3. The van der Waals surface area contributed by atoms with Crippen LogP contribution in [0.1, 0.15) is 29.9 Å². The summed E-state index contributed by atoms with van der Waals surface area (Å²) in [7, 11) is 2.15. The topological polar surface area (TPSA) is 82.8 Å². The van der Waals surface area contributed by atoms with E-state index in [9.17, 15) is 9.90 Å². The summed E-state index contributed by atoms with van der Waals surface area (Å²) in [6, 6.07) is 29.3. The Hall–Kier alpha value is -4.01. The van der Waals surface area contributed by atoms with Gasteiger partial charge in [0, 0.05) is 17.7 Å². The van der Waals surface area contributed by atoms with Gasteiger partial charge in [-0.1, -0.05) is 72.8 Å². The summed E-state index contributed by atoms with van der Waals surface area (Å²) in [5.41, 5.74) is 4.25. The highest BCUT2D eigenvalue weighted by Crippen LogP contribution is 2.31. The zero-order valence-corrected chi connectivity index (χ0v) is 23.9. The van der Waals surface area contributed by atoms with Crippen LogP contribution in [0.4, 0.5) is 5.82 Å². The molecule has 0 unspecified atom stereocenters. The zero-order chi connectivity index (χ0) is 27.9. The molecule has 3 heterocycles. The van der Waals surface area contributed by atoms with Crippen molar-refractivity contribution >= 4 is 33.7 Å². The van der Waals surface area contributed by atoms with E-state index in [0.717, 1.165) is 65.0 Å². The fourth-order valence-corrected chi connectivity index (χ4v) is 5.25. The molecule has 0 aliphatic carbocycles. The molecule has 8 heteroatoms. The number of carbonyl (C=O) groups excluding carboxylic acids is 1. The second-order valence-corrected chi connectivity index (χ2v) is 10.8. The number of aromatic hydroxyl groups is 1. The van der Waals surface area contributed by atoms with Crippen molar-refractivity contribution in [3.63, 3.8) is 0 Å². The Morgan fingerprint density at radius 3 is 2.15 bits per heavy atom. The number of hydrogen-bond acceptors (Lipinski definition) is 6. The predicted molar refractivity (Wildman–Crippen MR) is 163 cm³/mol. The minimum absolute atomic E-state index is 0.146. The van der Waals surface area contributed by atoms with E-state index >= 15 is 0 Å². The molecule has 7 nitrogen and oxygen atoms in total.